The Bertz CT molecular complexity index is 474. The molecule has 1 aliphatic rings. The van der Waals surface area contributed by atoms with E-state index in [2.05, 4.69) is 36.2 Å². The number of pyridine rings is 1. The summed E-state index contributed by atoms with van der Waals surface area (Å²) < 4.78 is 0. The number of anilines is 1. The van der Waals surface area contributed by atoms with Crippen LogP contribution >= 0.6 is 0 Å². The molecule has 1 saturated heterocycles. The van der Waals surface area contributed by atoms with Crippen molar-refractivity contribution in [1.82, 2.24) is 14.8 Å². The molecule has 3 N–H and O–H groups in total. The molecule has 1 amide bonds. The van der Waals surface area contributed by atoms with Gasteiger partial charge in [0.05, 0.1) is 0 Å². The van der Waals surface area contributed by atoms with Gasteiger partial charge in [-0.1, -0.05) is 6.07 Å². The Balaban J connectivity index is 2.15. The lowest BCUT2D eigenvalue weighted by atomic mass is 9.99. The Labute approximate surface area is 113 Å². The second-order valence-electron chi connectivity index (χ2n) is 5.51. The van der Waals surface area contributed by atoms with Crippen molar-refractivity contribution in [3.05, 3.63) is 23.9 Å². The van der Waals surface area contributed by atoms with Gasteiger partial charge in [0.25, 0.3) is 5.91 Å². The van der Waals surface area contributed by atoms with Crippen LogP contribution < -0.4 is 11.3 Å². The Morgan fingerprint density at radius 3 is 2.79 bits per heavy atom. The zero-order chi connectivity index (χ0) is 14.0. The molecule has 2 rings (SSSR count). The first kappa shape index (κ1) is 13.8. The van der Waals surface area contributed by atoms with Crippen LogP contribution in [0, 0.1) is 0 Å². The van der Waals surface area contributed by atoms with Crippen molar-refractivity contribution in [2.45, 2.75) is 19.4 Å². The van der Waals surface area contributed by atoms with E-state index in [1.807, 2.05) is 4.90 Å². The molecule has 0 spiro atoms. The molecule has 1 aromatic rings. The fourth-order valence-corrected chi connectivity index (χ4v) is 2.21. The molecule has 0 radical (unpaired) electrons. The maximum absolute atomic E-state index is 12.4. The molecule has 0 bridgehead atoms. The van der Waals surface area contributed by atoms with E-state index in [4.69, 9.17) is 5.84 Å². The second kappa shape index (κ2) is 5.14. The number of nitrogen functional groups attached to an aromatic ring is 1. The average molecular weight is 263 g/mol. The number of nitrogens with zero attached hydrogens (tertiary/aromatic N) is 3. The number of aromatic nitrogens is 1. The van der Waals surface area contributed by atoms with Gasteiger partial charge in [-0.25, -0.2) is 10.8 Å². The summed E-state index contributed by atoms with van der Waals surface area (Å²) in [7, 11) is 2.08. The molecule has 104 valence electrons. The summed E-state index contributed by atoms with van der Waals surface area (Å²) in [6.45, 7) is 6.56. The standard InChI is InChI=1S/C13H21N5O/c1-13(2)9-18(8-7-17(13)3)12(19)10-5-4-6-11(15-10)16-14/h4-6H,7-9,14H2,1-3H3,(H,15,16). The quantitative estimate of drug-likeness (QED) is 0.601. The molecule has 6 nitrogen and oxygen atoms in total. The van der Waals surface area contributed by atoms with Crippen LogP contribution in [-0.2, 0) is 0 Å². The minimum atomic E-state index is -0.0433. The lowest BCUT2D eigenvalue weighted by Gasteiger charge is -2.45. The Hall–Kier alpha value is -1.66. The van der Waals surface area contributed by atoms with Gasteiger partial charge in [0.1, 0.15) is 11.5 Å². The monoisotopic (exact) mass is 263 g/mol. The maximum Gasteiger partial charge on any atom is 0.272 e. The normalized spacial score (nSPS) is 19.3. The maximum atomic E-state index is 12.4. The number of hydrogen-bond acceptors (Lipinski definition) is 5. The highest BCUT2D eigenvalue weighted by Gasteiger charge is 2.33. The van der Waals surface area contributed by atoms with E-state index in [0.717, 1.165) is 13.1 Å². The van der Waals surface area contributed by atoms with Crippen LogP contribution in [0.5, 0.6) is 0 Å². The zero-order valence-electron chi connectivity index (χ0n) is 11.7. The molecular formula is C13H21N5O. The number of nitrogens with one attached hydrogen (secondary N) is 1. The number of nitrogens with two attached hydrogens (primary N) is 1. The van der Waals surface area contributed by atoms with E-state index in [0.29, 0.717) is 18.1 Å². The molecular weight excluding hydrogens is 242 g/mol. The molecule has 19 heavy (non-hydrogen) atoms. The predicted octanol–water partition coefficient (Wildman–Crippen LogP) is 0.533. The van der Waals surface area contributed by atoms with E-state index in [-0.39, 0.29) is 11.4 Å². The highest BCUT2D eigenvalue weighted by atomic mass is 16.2. The third kappa shape index (κ3) is 2.85. The van der Waals surface area contributed by atoms with Crippen LogP contribution in [0.4, 0.5) is 5.82 Å². The molecule has 6 heteroatoms. The molecule has 0 aliphatic carbocycles. The van der Waals surface area contributed by atoms with Gasteiger partial charge >= 0.3 is 0 Å². The van der Waals surface area contributed by atoms with Crippen molar-refractivity contribution < 1.29 is 4.79 Å². The van der Waals surface area contributed by atoms with Crippen molar-refractivity contribution in [3.63, 3.8) is 0 Å². The number of carbonyl (C=O) groups excluding carboxylic acids is 1. The van der Waals surface area contributed by atoms with Crippen LogP contribution in [0.15, 0.2) is 18.2 Å². The largest absolute Gasteiger partial charge is 0.334 e. The summed E-state index contributed by atoms with van der Waals surface area (Å²) in [5.74, 6) is 5.77. The van der Waals surface area contributed by atoms with Crippen LogP contribution in [0.25, 0.3) is 0 Å². The van der Waals surface area contributed by atoms with E-state index >= 15 is 0 Å². The molecule has 0 aromatic carbocycles. The van der Waals surface area contributed by atoms with Crippen molar-refractivity contribution >= 4 is 11.7 Å². The number of rotatable bonds is 2. The summed E-state index contributed by atoms with van der Waals surface area (Å²) in [6, 6.07) is 5.22. The second-order valence-corrected chi connectivity index (χ2v) is 5.51. The molecule has 0 saturated carbocycles. The Kier molecular flexibility index (Phi) is 3.73. The number of amides is 1. The van der Waals surface area contributed by atoms with Gasteiger partial charge in [-0.3, -0.25) is 9.69 Å². The van der Waals surface area contributed by atoms with Gasteiger partial charge < -0.3 is 10.3 Å². The minimum absolute atomic E-state index is 0.0162. The van der Waals surface area contributed by atoms with Gasteiger partial charge in [-0.15, -0.1) is 0 Å². The van der Waals surface area contributed by atoms with Crippen LogP contribution in [0.1, 0.15) is 24.3 Å². The summed E-state index contributed by atoms with van der Waals surface area (Å²) in [4.78, 5) is 20.7. The van der Waals surface area contributed by atoms with Gasteiger partial charge in [-0.05, 0) is 33.0 Å². The molecule has 1 fully saturated rings. The van der Waals surface area contributed by atoms with Crippen LogP contribution in [0.3, 0.4) is 0 Å². The highest BCUT2D eigenvalue weighted by molar-refractivity contribution is 5.92. The van der Waals surface area contributed by atoms with Crippen molar-refractivity contribution in [2.24, 2.45) is 5.84 Å². The highest BCUT2D eigenvalue weighted by Crippen LogP contribution is 2.20. The SMILES string of the molecule is CN1CCN(C(=O)c2cccc(NN)n2)CC1(C)C. The molecule has 1 aliphatic heterocycles. The van der Waals surface area contributed by atoms with Crippen LogP contribution in [0.2, 0.25) is 0 Å². The number of hydrogen-bond donors (Lipinski definition) is 2. The smallest absolute Gasteiger partial charge is 0.272 e. The Morgan fingerprint density at radius 2 is 2.16 bits per heavy atom. The summed E-state index contributed by atoms with van der Waals surface area (Å²) in [5, 5.41) is 0. The number of carbonyl (C=O) groups is 1. The predicted molar refractivity (Wildman–Crippen MR) is 74.7 cm³/mol. The molecule has 1 aromatic heterocycles. The summed E-state index contributed by atoms with van der Waals surface area (Å²) >= 11 is 0. The lowest BCUT2D eigenvalue weighted by Crippen LogP contribution is -2.58. The average Bonchev–Trinajstić information content (AvgIpc) is 2.41. The first-order valence-corrected chi connectivity index (χ1v) is 6.38. The van der Waals surface area contributed by atoms with Gasteiger partial charge in [-0.2, -0.15) is 0 Å². The molecule has 0 unspecified atom stereocenters. The van der Waals surface area contributed by atoms with Gasteiger partial charge in [0, 0.05) is 25.2 Å². The zero-order valence-corrected chi connectivity index (χ0v) is 11.7. The third-order valence-electron chi connectivity index (χ3n) is 3.72. The van der Waals surface area contributed by atoms with E-state index in [9.17, 15) is 4.79 Å². The molecule has 0 atom stereocenters. The first-order chi connectivity index (χ1) is 8.94. The van der Waals surface area contributed by atoms with Gasteiger partial charge in [0.2, 0.25) is 0 Å². The number of likely N-dealkylation sites (N-methyl/N-ethyl adjacent to an activating group) is 1. The van der Waals surface area contributed by atoms with E-state index in [1.165, 1.54) is 0 Å². The molecule has 2 heterocycles. The first-order valence-electron chi connectivity index (χ1n) is 6.38. The number of piperazine rings is 1. The summed E-state index contributed by atoms with van der Waals surface area (Å²) in [6.07, 6.45) is 0. The summed E-state index contributed by atoms with van der Waals surface area (Å²) in [5.41, 5.74) is 2.87. The minimum Gasteiger partial charge on any atom is -0.334 e. The van der Waals surface area contributed by atoms with Gasteiger partial charge in [0.15, 0.2) is 0 Å². The van der Waals surface area contributed by atoms with E-state index in [1.54, 1.807) is 18.2 Å². The van der Waals surface area contributed by atoms with Crippen LogP contribution in [-0.4, -0.2) is 52.9 Å². The fraction of sp³-hybridized carbons (Fsp3) is 0.538. The van der Waals surface area contributed by atoms with Crippen molar-refractivity contribution in [2.75, 3.05) is 32.1 Å². The van der Waals surface area contributed by atoms with Crippen molar-refractivity contribution in [3.8, 4) is 0 Å². The topological polar surface area (TPSA) is 74.5 Å². The third-order valence-corrected chi connectivity index (χ3v) is 3.72. The van der Waals surface area contributed by atoms with Crippen molar-refractivity contribution in [1.29, 1.82) is 0 Å². The number of hydrazine groups is 1. The Morgan fingerprint density at radius 1 is 1.42 bits per heavy atom. The lowest BCUT2D eigenvalue weighted by molar-refractivity contribution is 0.0307. The van der Waals surface area contributed by atoms with E-state index < -0.39 is 0 Å². The fourth-order valence-electron chi connectivity index (χ4n) is 2.21.